The molecule has 5 nitrogen and oxygen atoms in total. The van der Waals surface area contributed by atoms with E-state index in [2.05, 4.69) is 0 Å². The van der Waals surface area contributed by atoms with Crippen molar-refractivity contribution in [2.24, 2.45) is 0 Å². The van der Waals surface area contributed by atoms with Crippen molar-refractivity contribution in [1.29, 1.82) is 0 Å². The second kappa shape index (κ2) is 11.0. The lowest BCUT2D eigenvalue weighted by Crippen LogP contribution is -2.18. The van der Waals surface area contributed by atoms with Gasteiger partial charge < -0.3 is 15.3 Å². The lowest BCUT2D eigenvalue weighted by atomic mass is 10.2. The Balaban J connectivity index is 0. The van der Waals surface area contributed by atoms with Crippen molar-refractivity contribution in [2.75, 3.05) is 0 Å². The van der Waals surface area contributed by atoms with Crippen molar-refractivity contribution in [2.45, 2.75) is 52.1 Å². The summed E-state index contributed by atoms with van der Waals surface area (Å²) in [5.41, 5.74) is 0. The number of carbonyl (C=O) groups is 2. The molecule has 0 bridgehead atoms. The van der Waals surface area contributed by atoms with Crippen LogP contribution in [0.1, 0.15) is 46.0 Å². The molecular weight excluding hydrogens is 200 g/mol. The van der Waals surface area contributed by atoms with E-state index in [0.717, 1.165) is 12.8 Å². The molecule has 0 amide bonds. The van der Waals surface area contributed by atoms with Gasteiger partial charge in [-0.15, -0.1) is 0 Å². The van der Waals surface area contributed by atoms with E-state index in [1.165, 1.54) is 0 Å². The Hall–Kier alpha value is -1.10. The summed E-state index contributed by atoms with van der Waals surface area (Å²) in [5.74, 6) is -1.83. The highest BCUT2D eigenvalue weighted by atomic mass is 16.4. The molecule has 5 heteroatoms. The number of hydrogen-bond acceptors (Lipinski definition) is 3. The summed E-state index contributed by atoms with van der Waals surface area (Å²) in [6.07, 6.45) is 1.96. The van der Waals surface area contributed by atoms with Crippen LogP contribution in [0.4, 0.5) is 0 Å². The molecule has 0 aromatic rings. The number of unbranched alkanes of at least 4 members (excludes halogenated alkanes) is 1. The quantitative estimate of drug-likeness (QED) is 0.630. The van der Waals surface area contributed by atoms with Crippen LogP contribution in [-0.4, -0.2) is 33.4 Å². The zero-order valence-corrected chi connectivity index (χ0v) is 9.27. The van der Waals surface area contributed by atoms with E-state index in [1.807, 2.05) is 13.8 Å². The smallest absolute Gasteiger partial charge is 0.332 e. The van der Waals surface area contributed by atoms with Crippen LogP contribution < -0.4 is 0 Å². The van der Waals surface area contributed by atoms with Gasteiger partial charge in [-0.1, -0.05) is 26.7 Å². The number of aliphatic hydroxyl groups excluding tert-OH is 1. The third kappa shape index (κ3) is 15.6. The molecule has 0 aromatic heterocycles. The summed E-state index contributed by atoms with van der Waals surface area (Å²) in [5, 5.41) is 24.6. The molecule has 0 radical (unpaired) electrons. The minimum absolute atomic E-state index is 0.316. The van der Waals surface area contributed by atoms with Crippen LogP contribution in [0.5, 0.6) is 0 Å². The molecule has 0 saturated carbocycles. The van der Waals surface area contributed by atoms with Gasteiger partial charge >= 0.3 is 11.9 Å². The third-order valence-electron chi connectivity index (χ3n) is 1.59. The average molecular weight is 220 g/mol. The molecule has 0 aromatic carbocycles. The molecule has 0 spiro atoms. The average Bonchev–Trinajstić information content (AvgIpc) is 2.16. The van der Waals surface area contributed by atoms with E-state index in [4.69, 9.17) is 15.3 Å². The highest BCUT2D eigenvalue weighted by Gasteiger charge is 2.09. The van der Waals surface area contributed by atoms with Crippen LogP contribution in [0.2, 0.25) is 0 Å². The molecule has 1 unspecified atom stereocenters. The highest BCUT2D eigenvalue weighted by Crippen LogP contribution is 1.94. The van der Waals surface area contributed by atoms with Crippen LogP contribution in [0.25, 0.3) is 0 Å². The monoisotopic (exact) mass is 220 g/mol. The molecule has 0 fully saturated rings. The van der Waals surface area contributed by atoms with Crippen molar-refractivity contribution in [3.63, 3.8) is 0 Å². The first-order chi connectivity index (χ1) is 6.95. The predicted molar refractivity (Wildman–Crippen MR) is 55.7 cm³/mol. The van der Waals surface area contributed by atoms with Crippen molar-refractivity contribution in [3.05, 3.63) is 0 Å². The van der Waals surface area contributed by atoms with Crippen LogP contribution in [-0.2, 0) is 9.59 Å². The van der Waals surface area contributed by atoms with Gasteiger partial charge in [-0.2, -0.15) is 0 Å². The Morgan fingerprint density at radius 1 is 1.13 bits per heavy atom. The number of rotatable bonds is 6. The van der Waals surface area contributed by atoms with Gasteiger partial charge in [0.15, 0.2) is 6.10 Å². The van der Waals surface area contributed by atoms with E-state index in [9.17, 15) is 9.59 Å². The van der Waals surface area contributed by atoms with E-state index in [1.54, 1.807) is 0 Å². The molecule has 90 valence electrons. The van der Waals surface area contributed by atoms with Gasteiger partial charge in [0.2, 0.25) is 0 Å². The van der Waals surface area contributed by atoms with Gasteiger partial charge in [0.25, 0.3) is 0 Å². The van der Waals surface area contributed by atoms with E-state index in [-0.39, 0.29) is 0 Å². The number of carboxylic acid groups (broad SMARTS) is 2. The van der Waals surface area contributed by atoms with Gasteiger partial charge in [0.05, 0.1) is 0 Å². The molecule has 1 atom stereocenters. The normalized spacial score (nSPS) is 11.1. The standard InChI is InChI=1S/C5H10O3.C5H10O2/c1-2-3-4(6)5(7)8;1-2-3-4-5(6)7/h4,6H,2-3H2,1H3,(H,7,8);2-4H2,1H3,(H,6,7). The zero-order chi connectivity index (χ0) is 12.3. The first-order valence-electron chi connectivity index (χ1n) is 5.08. The van der Waals surface area contributed by atoms with Crippen LogP contribution in [0, 0.1) is 0 Å². The third-order valence-corrected chi connectivity index (χ3v) is 1.59. The fourth-order valence-corrected chi connectivity index (χ4v) is 0.725. The fraction of sp³-hybridized carbons (Fsp3) is 0.800. The highest BCUT2D eigenvalue weighted by molar-refractivity contribution is 5.71. The number of aliphatic hydroxyl groups is 1. The molecule has 3 N–H and O–H groups in total. The Morgan fingerprint density at radius 2 is 1.67 bits per heavy atom. The molecule has 0 saturated heterocycles. The summed E-state index contributed by atoms with van der Waals surface area (Å²) in [6, 6.07) is 0. The largest absolute Gasteiger partial charge is 0.481 e. The van der Waals surface area contributed by atoms with Gasteiger partial charge in [0.1, 0.15) is 0 Å². The summed E-state index contributed by atoms with van der Waals surface area (Å²) in [7, 11) is 0. The Labute approximate surface area is 89.7 Å². The van der Waals surface area contributed by atoms with Crippen LogP contribution in [0.3, 0.4) is 0 Å². The summed E-state index contributed by atoms with van der Waals surface area (Å²) >= 11 is 0. The number of aliphatic carboxylic acids is 2. The van der Waals surface area contributed by atoms with E-state index < -0.39 is 18.0 Å². The summed E-state index contributed by atoms with van der Waals surface area (Å²) < 4.78 is 0. The first kappa shape index (κ1) is 16.3. The second-order valence-corrected chi connectivity index (χ2v) is 3.14. The molecule has 0 aliphatic heterocycles. The number of hydrogen-bond donors (Lipinski definition) is 3. The Morgan fingerprint density at radius 3 is 1.80 bits per heavy atom. The van der Waals surface area contributed by atoms with E-state index >= 15 is 0 Å². The fourth-order valence-electron chi connectivity index (χ4n) is 0.725. The van der Waals surface area contributed by atoms with Crippen molar-refractivity contribution < 1.29 is 24.9 Å². The Bertz CT molecular complexity index is 179. The molecule has 0 rings (SSSR count). The van der Waals surface area contributed by atoms with Crippen molar-refractivity contribution in [3.8, 4) is 0 Å². The van der Waals surface area contributed by atoms with E-state index in [0.29, 0.717) is 19.3 Å². The summed E-state index contributed by atoms with van der Waals surface area (Å²) in [4.78, 5) is 19.6. The molecule has 15 heavy (non-hydrogen) atoms. The molecule has 0 aliphatic rings. The molecule has 0 aliphatic carbocycles. The van der Waals surface area contributed by atoms with Crippen LogP contribution in [0.15, 0.2) is 0 Å². The van der Waals surface area contributed by atoms with Crippen LogP contribution >= 0.6 is 0 Å². The lowest BCUT2D eigenvalue weighted by molar-refractivity contribution is -0.147. The first-order valence-corrected chi connectivity index (χ1v) is 5.08. The summed E-state index contributed by atoms with van der Waals surface area (Å²) in [6.45, 7) is 3.80. The van der Waals surface area contributed by atoms with Gasteiger partial charge in [0, 0.05) is 6.42 Å². The molecular formula is C10H20O5. The Kier molecular flexibility index (Phi) is 12.0. The predicted octanol–water partition coefficient (Wildman–Crippen LogP) is 1.49. The minimum Gasteiger partial charge on any atom is -0.481 e. The van der Waals surface area contributed by atoms with Gasteiger partial charge in [-0.3, -0.25) is 4.79 Å². The number of carboxylic acids is 2. The van der Waals surface area contributed by atoms with Crippen molar-refractivity contribution >= 4 is 11.9 Å². The maximum atomic E-state index is 9.84. The maximum Gasteiger partial charge on any atom is 0.332 e. The topological polar surface area (TPSA) is 94.8 Å². The SMILES string of the molecule is CCCC(O)C(=O)O.CCCCC(=O)O. The van der Waals surface area contributed by atoms with Gasteiger partial charge in [-0.05, 0) is 12.8 Å². The second-order valence-electron chi connectivity index (χ2n) is 3.14. The van der Waals surface area contributed by atoms with Crippen molar-refractivity contribution in [1.82, 2.24) is 0 Å². The zero-order valence-electron chi connectivity index (χ0n) is 9.27. The minimum atomic E-state index is -1.17. The maximum absolute atomic E-state index is 9.84. The molecule has 0 heterocycles. The van der Waals surface area contributed by atoms with Gasteiger partial charge in [-0.25, -0.2) is 4.79 Å². The lowest BCUT2D eigenvalue weighted by Gasteiger charge is -1.99.